The van der Waals surface area contributed by atoms with E-state index in [2.05, 4.69) is 10.6 Å². The van der Waals surface area contributed by atoms with Gasteiger partial charge < -0.3 is 16.4 Å². The van der Waals surface area contributed by atoms with Gasteiger partial charge in [0.05, 0.1) is 0 Å². The number of hydrogen-bond acceptors (Lipinski definition) is 3. The second-order valence-electron chi connectivity index (χ2n) is 5.20. The molecule has 1 saturated heterocycles. The topological polar surface area (TPSA) is 84.2 Å². The Kier molecular flexibility index (Phi) is 5.12. The van der Waals surface area contributed by atoms with Crippen molar-refractivity contribution < 1.29 is 9.59 Å². The molecule has 0 radical (unpaired) electrons. The Morgan fingerprint density at radius 2 is 2.15 bits per heavy atom. The molecule has 1 aliphatic heterocycles. The standard InChI is InChI=1S/C15H21N3O2/c16-14(19)12-4-1-5-13(9-12)15(20)18-8-6-11-3-2-7-17-10-11/h1,4-5,9,11,17H,2-3,6-8,10H2,(H2,16,19)(H,18,20). The van der Waals surface area contributed by atoms with E-state index >= 15 is 0 Å². The van der Waals surface area contributed by atoms with Gasteiger partial charge in [-0.15, -0.1) is 0 Å². The molecule has 4 N–H and O–H groups in total. The predicted molar refractivity (Wildman–Crippen MR) is 77.5 cm³/mol. The van der Waals surface area contributed by atoms with Crippen LogP contribution in [-0.4, -0.2) is 31.4 Å². The van der Waals surface area contributed by atoms with E-state index in [1.807, 2.05) is 0 Å². The molecular formula is C15H21N3O2. The van der Waals surface area contributed by atoms with E-state index in [-0.39, 0.29) is 5.91 Å². The molecule has 0 aliphatic carbocycles. The van der Waals surface area contributed by atoms with Gasteiger partial charge in [0.25, 0.3) is 5.91 Å². The summed E-state index contributed by atoms with van der Waals surface area (Å²) in [5, 5.41) is 6.25. The second-order valence-corrected chi connectivity index (χ2v) is 5.20. The van der Waals surface area contributed by atoms with Crippen LogP contribution in [0.1, 0.15) is 40.0 Å². The number of amides is 2. The monoisotopic (exact) mass is 275 g/mol. The van der Waals surface area contributed by atoms with Gasteiger partial charge >= 0.3 is 0 Å². The van der Waals surface area contributed by atoms with Gasteiger partial charge in [-0.05, 0) is 56.5 Å². The van der Waals surface area contributed by atoms with Crippen LogP contribution in [-0.2, 0) is 0 Å². The molecule has 0 bridgehead atoms. The maximum absolute atomic E-state index is 12.0. The summed E-state index contributed by atoms with van der Waals surface area (Å²) in [6.45, 7) is 2.79. The molecule has 5 nitrogen and oxygen atoms in total. The van der Waals surface area contributed by atoms with Crippen molar-refractivity contribution in [3.8, 4) is 0 Å². The van der Waals surface area contributed by atoms with Gasteiger partial charge in [-0.25, -0.2) is 0 Å². The van der Waals surface area contributed by atoms with Gasteiger partial charge in [0.15, 0.2) is 0 Å². The van der Waals surface area contributed by atoms with Crippen molar-refractivity contribution in [2.75, 3.05) is 19.6 Å². The van der Waals surface area contributed by atoms with Crippen LogP contribution < -0.4 is 16.4 Å². The van der Waals surface area contributed by atoms with E-state index < -0.39 is 5.91 Å². The lowest BCUT2D eigenvalue weighted by molar-refractivity contribution is 0.0950. The highest BCUT2D eigenvalue weighted by Crippen LogP contribution is 2.13. The van der Waals surface area contributed by atoms with Crippen molar-refractivity contribution in [3.05, 3.63) is 35.4 Å². The summed E-state index contributed by atoms with van der Waals surface area (Å²) in [6, 6.07) is 6.48. The smallest absolute Gasteiger partial charge is 0.251 e. The SMILES string of the molecule is NC(=O)c1cccc(C(=O)NCCC2CCCNC2)c1. The van der Waals surface area contributed by atoms with Crippen LogP contribution in [0.5, 0.6) is 0 Å². The average molecular weight is 275 g/mol. The van der Waals surface area contributed by atoms with Crippen LogP contribution in [0.2, 0.25) is 0 Å². The number of nitrogens with one attached hydrogen (secondary N) is 2. The molecule has 1 atom stereocenters. The molecule has 1 fully saturated rings. The zero-order valence-corrected chi connectivity index (χ0v) is 11.5. The van der Waals surface area contributed by atoms with E-state index in [9.17, 15) is 9.59 Å². The fourth-order valence-electron chi connectivity index (χ4n) is 2.48. The summed E-state index contributed by atoms with van der Waals surface area (Å²) in [7, 11) is 0. The number of rotatable bonds is 5. The molecule has 1 aliphatic rings. The zero-order valence-electron chi connectivity index (χ0n) is 11.5. The number of piperidine rings is 1. The van der Waals surface area contributed by atoms with Gasteiger partial charge in [0, 0.05) is 17.7 Å². The highest BCUT2D eigenvalue weighted by atomic mass is 16.2. The van der Waals surface area contributed by atoms with Gasteiger partial charge in [0.2, 0.25) is 5.91 Å². The highest BCUT2D eigenvalue weighted by Gasteiger charge is 2.13. The third-order valence-electron chi connectivity index (χ3n) is 3.65. The highest BCUT2D eigenvalue weighted by molar-refractivity contribution is 5.99. The van der Waals surface area contributed by atoms with Gasteiger partial charge in [-0.3, -0.25) is 9.59 Å². The number of carbonyl (C=O) groups excluding carboxylic acids is 2. The second kappa shape index (κ2) is 7.05. The molecule has 2 rings (SSSR count). The molecule has 2 amide bonds. The number of carbonyl (C=O) groups is 2. The first-order chi connectivity index (χ1) is 9.66. The number of benzene rings is 1. The van der Waals surface area contributed by atoms with Crippen LogP contribution in [0.25, 0.3) is 0 Å². The molecule has 5 heteroatoms. The Morgan fingerprint density at radius 3 is 2.85 bits per heavy atom. The van der Waals surface area contributed by atoms with Gasteiger partial charge in [-0.1, -0.05) is 6.07 Å². The minimum Gasteiger partial charge on any atom is -0.366 e. The normalized spacial score (nSPS) is 18.5. The molecule has 1 heterocycles. The average Bonchev–Trinajstić information content (AvgIpc) is 2.48. The number of primary amides is 1. The summed E-state index contributed by atoms with van der Waals surface area (Å²) in [5.74, 6) is -0.0363. The quantitative estimate of drug-likeness (QED) is 0.746. The summed E-state index contributed by atoms with van der Waals surface area (Å²) >= 11 is 0. The van der Waals surface area contributed by atoms with Crippen molar-refractivity contribution in [3.63, 3.8) is 0 Å². The Labute approximate surface area is 118 Å². The largest absolute Gasteiger partial charge is 0.366 e. The van der Waals surface area contributed by atoms with Crippen molar-refractivity contribution in [1.29, 1.82) is 0 Å². The van der Waals surface area contributed by atoms with E-state index in [1.54, 1.807) is 18.2 Å². The first-order valence-corrected chi connectivity index (χ1v) is 7.05. The Hall–Kier alpha value is -1.88. The van der Waals surface area contributed by atoms with Crippen molar-refractivity contribution in [1.82, 2.24) is 10.6 Å². The molecule has 0 spiro atoms. The summed E-state index contributed by atoms with van der Waals surface area (Å²) in [6.07, 6.45) is 3.41. The first kappa shape index (κ1) is 14.5. The molecule has 0 aromatic heterocycles. The lowest BCUT2D eigenvalue weighted by Gasteiger charge is -2.22. The predicted octanol–water partition coefficient (Wildman–Crippen LogP) is 0.905. The Bertz CT molecular complexity index is 482. The fraction of sp³-hybridized carbons (Fsp3) is 0.467. The molecule has 1 unspecified atom stereocenters. The van der Waals surface area contributed by atoms with Crippen LogP contribution >= 0.6 is 0 Å². The lowest BCUT2D eigenvalue weighted by Crippen LogP contribution is -2.33. The molecule has 20 heavy (non-hydrogen) atoms. The number of hydrogen-bond donors (Lipinski definition) is 3. The Balaban J connectivity index is 1.82. The van der Waals surface area contributed by atoms with E-state index in [0.29, 0.717) is 23.6 Å². The summed E-state index contributed by atoms with van der Waals surface area (Å²) in [4.78, 5) is 23.1. The van der Waals surface area contributed by atoms with Gasteiger partial charge in [0.1, 0.15) is 0 Å². The lowest BCUT2D eigenvalue weighted by atomic mass is 9.96. The van der Waals surface area contributed by atoms with E-state index in [1.165, 1.54) is 18.9 Å². The summed E-state index contributed by atoms with van der Waals surface area (Å²) < 4.78 is 0. The minimum absolute atomic E-state index is 0.156. The molecule has 1 aromatic carbocycles. The first-order valence-electron chi connectivity index (χ1n) is 7.05. The molecular weight excluding hydrogens is 254 g/mol. The maximum atomic E-state index is 12.0. The van der Waals surface area contributed by atoms with Crippen LogP contribution in [0.15, 0.2) is 24.3 Å². The van der Waals surface area contributed by atoms with E-state index in [0.717, 1.165) is 19.5 Å². The maximum Gasteiger partial charge on any atom is 0.251 e. The van der Waals surface area contributed by atoms with Crippen molar-refractivity contribution in [2.24, 2.45) is 11.7 Å². The van der Waals surface area contributed by atoms with Crippen LogP contribution in [0, 0.1) is 5.92 Å². The van der Waals surface area contributed by atoms with Gasteiger partial charge in [-0.2, -0.15) is 0 Å². The van der Waals surface area contributed by atoms with E-state index in [4.69, 9.17) is 5.73 Å². The summed E-state index contributed by atoms with van der Waals surface area (Å²) in [5.41, 5.74) is 6.03. The van der Waals surface area contributed by atoms with Crippen LogP contribution in [0.4, 0.5) is 0 Å². The molecule has 1 aromatic rings. The molecule has 0 saturated carbocycles. The third-order valence-corrected chi connectivity index (χ3v) is 3.65. The van der Waals surface area contributed by atoms with Crippen LogP contribution in [0.3, 0.4) is 0 Å². The zero-order chi connectivity index (χ0) is 14.4. The van der Waals surface area contributed by atoms with Crippen molar-refractivity contribution >= 4 is 11.8 Å². The Morgan fingerprint density at radius 1 is 1.35 bits per heavy atom. The minimum atomic E-state index is -0.520. The molecule has 108 valence electrons. The number of nitrogens with two attached hydrogens (primary N) is 1. The fourth-order valence-corrected chi connectivity index (χ4v) is 2.48. The third kappa shape index (κ3) is 4.06. The van der Waals surface area contributed by atoms with Crippen molar-refractivity contribution in [2.45, 2.75) is 19.3 Å².